The maximum atomic E-state index is 3.56. The third-order valence-electron chi connectivity index (χ3n) is 5.32. The van der Waals surface area contributed by atoms with Gasteiger partial charge in [-0.15, -0.1) is 0 Å². The van der Waals surface area contributed by atoms with Crippen LogP contribution in [0.25, 0.3) is 0 Å². The molecule has 0 aromatic heterocycles. The largest absolute Gasteiger partial charge is 0.315 e. The van der Waals surface area contributed by atoms with Gasteiger partial charge in [0.15, 0.2) is 0 Å². The zero-order valence-electron chi connectivity index (χ0n) is 12.6. The van der Waals surface area contributed by atoms with Crippen LogP contribution in [0.5, 0.6) is 0 Å². The molecule has 1 aliphatic carbocycles. The summed E-state index contributed by atoms with van der Waals surface area (Å²) in [5.74, 6) is 1.84. The average molecular weight is 252 g/mol. The average Bonchev–Trinajstić information content (AvgIpc) is 2.64. The Labute approximate surface area is 114 Å². The molecule has 0 aromatic rings. The van der Waals surface area contributed by atoms with Crippen LogP contribution < -0.4 is 5.32 Å². The van der Waals surface area contributed by atoms with Crippen molar-refractivity contribution in [1.29, 1.82) is 0 Å². The van der Waals surface area contributed by atoms with E-state index in [0.29, 0.717) is 0 Å². The van der Waals surface area contributed by atoms with Gasteiger partial charge in [-0.2, -0.15) is 0 Å². The molecule has 2 aliphatic rings. The van der Waals surface area contributed by atoms with E-state index in [1.54, 1.807) is 0 Å². The lowest BCUT2D eigenvalue weighted by Crippen LogP contribution is -2.51. The maximum Gasteiger partial charge on any atom is 0.0249 e. The number of nitrogens with zero attached hydrogens (tertiary/aromatic N) is 1. The van der Waals surface area contributed by atoms with Gasteiger partial charge in [-0.05, 0) is 64.1 Å². The van der Waals surface area contributed by atoms with Crippen LogP contribution in [-0.2, 0) is 0 Å². The Kier molecular flexibility index (Phi) is 5.50. The Bertz CT molecular complexity index is 239. The Morgan fingerprint density at radius 2 is 1.72 bits per heavy atom. The van der Waals surface area contributed by atoms with Gasteiger partial charge in [0, 0.05) is 12.1 Å². The first kappa shape index (κ1) is 14.3. The lowest BCUT2D eigenvalue weighted by molar-refractivity contribution is 0.127. The first-order chi connectivity index (χ1) is 8.72. The summed E-state index contributed by atoms with van der Waals surface area (Å²) in [6.45, 7) is 7.48. The second-order valence-corrected chi connectivity index (χ2v) is 6.72. The summed E-state index contributed by atoms with van der Waals surface area (Å²) in [6, 6.07) is 1.56. The van der Waals surface area contributed by atoms with Crippen LogP contribution in [0.3, 0.4) is 0 Å². The molecule has 1 heterocycles. The minimum atomic E-state index is 0.745. The van der Waals surface area contributed by atoms with Crippen molar-refractivity contribution in [3.8, 4) is 0 Å². The summed E-state index contributed by atoms with van der Waals surface area (Å²) in [5, 5.41) is 3.56. The van der Waals surface area contributed by atoms with Gasteiger partial charge in [0.1, 0.15) is 0 Å². The first-order valence-corrected chi connectivity index (χ1v) is 8.13. The molecule has 18 heavy (non-hydrogen) atoms. The van der Waals surface area contributed by atoms with Crippen LogP contribution in [0.4, 0.5) is 0 Å². The van der Waals surface area contributed by atoms with E-state index < -0.39 is 0 Å². The van der Waals surface area contributed by atoms with Crippen molar-refractivity contribution in [3.63, 3.8) is 0 Å². The van der Waals surface area contributed by atoms with Gasteiger partial charge in [-0.1, -0.05) is 26.7 Å². The van der Waals surface area contributed by atoms with Crippen molar-refractivity contribution in [2.75, 3.05) is 20.1 Å². The van der Waals surface area contributed by atoms with Gasteiger partial charge in [0.2, 0.25) is 0 Å². The molecule has 3 unspecified atom stereocenters. The normalized spacial score (nSPS) is 35.7. The quantitative estimate of drug-likeness (QED) is 0.829. The summed E-state index contributed by atoms with van der Waals surface area (Å²) >= 11 is 0. The monoisotopic (exact) mass is 252 g/mol. The molecule has 0 spiro atoms. The molecular weight excluding hydrogens is 220 g/mol. The zero-order valence-corrected chi connectivity index (χ0v) is 12.6. The van der Waals surface area contributed by atoms with Gasteiger partial charge < -0.3 is 5.32 Å². The second-order valence-electron chi connectivity index (χ2n) is 6.72. The van der Waals surface area contributed by atoms with Crippen molar-refractivity contribution in [3.05, 3.63) is 0 Å². The van der Waals surface area contributed by atoms with Crippen molar-refractivity contribution in [1.82, 2.24) is 10.2 Å². The van der Waals surface area contributed by atoms with E-state index in [9.17, 15) is 0 Å². The van der Waals surface area contributed by atoms with Crippen molar-refractivity contribution in [2.45, 2.75) is 70.9 Å². The van der Waals surface area contributed by atoms with Crippen molar-refractivity contribution in [2.24, 2.45) is 11.8 Å². The smallest absolute Gasteiger partial charge is 0.0249 e. The topological polar surface area (TPSA) is 15.3 Å². The highest BCUT2D eigenvalue weighted by atomic mass is 15.2. The van der Waals surface area contributed by atoms with Crippen LogP contribution >= 0.6 is 0 Å². The summed E-state index contributed by atoms with van der Waals surface area (Å²) in [6.07, 6.45) is 9.94. The summed E-state index contributed by atoms with van der Waals surface area (Å²) in [5.41, 5.74) is 0. The third-order valence-corrected chi connectivity index (χ3v) is 5.32. The van der Waals surface area contributed by atoms with E-state index in [-0.39, 0.29) is 0 Å². The molecule has 2 heteroatoms. The number of likely N-dealkylation sites (N-methyl/N-ethyl adjacent to an activating group) is 1. The maximum absolute atomic E-state index is 3.56. The molecule has 1 saturated carbocycles. The van der Waals surface area contributed by atoms with E-state index in [1.165, 1.54) is 58.0 Å². The van der Waals surface area contributed by atoms with Crippen molar-refractivity contribution < 1.29 is 0 Å². The molecule has 0 bridgehead atoms. The van der Waals surface area contributed by atoms with Crippen LogP contribution in [0.2, 0.25) is 0 Å². The third kappa shape index (κ3) is 3.48. The van der Waals surface area contributed by atoms with Gasteiger partial charge in [-0.3, -0.25) is 4.90 Å². The molecule has 1 N–H and O–H groups in total. The number of likely N-dealkylation sites (tertiary alicyclic amines) is 1. The van der Waals surface area contributed by atoms with E-state index in [0.717, 1.165) is 23.9 Å². The SMILES string of the molecule is CNC1CCCCC1N1CCCC(C(C)C)CC1. The van der Waals surface area contributed by atoms with E-state index in [1.807, 2.05) is 0 Å². The fourth-order valence-electron chi connectivity index (χ4n) is 4.03. The fourth-order valence-corrected chi connectivity index (χ4v) is 4.03. The lowest BCUT2D eigenvalue weighted by atomic mass is 9.88. The number of hydrogen-bond donors (Lipinski definition) is 1. The van der Waals surface area contributed by atoms with Crippen LogP contribution in [-0.4, -0.2) is 37.1 Å². The van der Waals surface area contributed by atoms with E-state index in [2.05, 4.69) is 31.1 Å². The van der Waals surface area contributed by atoms with Crippen molar-refractivity contribution >= 4 is 0 Å². The molecule has 3 atom stereocenters. The fraction of sp³-hybridized carbons (Fsp3) is 1.00. The summed E-state index contributed by atoms with van der Waals surface area (Å²) in [4.78, 5) is 2.81. The Balaban J connectivity index is 1.91. The predicted molar refractivity (Wildman–Crippen MR) is 78.9 cm³/mol. The zero-order chi connectivity index (χ0) is 13.0. The summed E-state index contributed by atoms with van der Waals surface area (Å²) in [7, 11) is 2.15. The van der Waals surface area contributed by atoms with Gasteiger partial charge in [-0.25, -0.2) is 0 Å². The number of rotatable bonds is 3. The van der Waals surface area contributed by atoms with E-state index >= 15 is 0 Å². The standard InChI is InChI=1S/C16H32N2/c1-13(2)14-7-6-11-18(12-10-14)16-9-5-4-8-15(16)17-3/h13-17H,4-12H2,1-3H3. The highest BCUT2D eigenvalue weighted by molar-refractivity contribution is 4.88. The predicted octanol–water partition coefficient (Wildman–Crippen LogP) is 3.28. The highest BCUT2D eigenvalue weighted by Gasteiger charge is 2.30. The first-order valence-electron chi connectivity index (χ1n) is 8.13. The Morgan fingerprint density at radius 1 is 0.944 bits per heavy atom. The van der Waals surface area contributed by atoms with Crippen LogP contribution in [0, 0.1) is 11.8 Å². The molecular formula is C16H32N2. The molecule has 1 saturated heterocycles. The molecule has 2 nitrogen and oxygen atoms in total. The molecule has 106 valence electrons. The van der Waals surface area contributed by atoms with Crippen LogP contribution in [0.1, 0.15) is 58.8 Å². The molecule has 2 rings (SSSR count). The molecule has 0 amide bonds. The lowest BCUT2D eigenvalue weighted by Gasteiger charge is -2.39. The molecule has 0 aromatic carbocycles. The number of hydrogen-bond acceptors (Lipinski definition) is 2. The van der Waals surface area contributed by atoms with Gasteiger partial charge >= 0.3 is 0 Å². The molecule has 0 radical (unpaired) electrons. The Hall–Kier alpha value is -0.0800. The minimum absolute atomic E-state index is 0.745. The Morgan fingerprint density at radius 3 is 2.44 bits per heavy atom. The van der Waals surface area contributed by atoms with Gasteiger partial charge in [0.25, 0.3) is 0 Å². The minimum Gasteiger partial charge on any atom is -0.315 e. The van der Waals surface area contributed by atoms with Crippen LogP contribution in [0.15, 0.2) is 0 Å². The second kappa shape index (κ2) is 6.91. The number of nitrogens with one attached hydrogen (secondary N) is 1. The summed E-state index contributed by atoms with van der Waals surface area (Å²) < 4.78 is 0. The molecule has 2 fully saturated rings. The van der Waals surface area contributed by atoms with Gasteiger partial charge in [0.05, 0.1) is 0 Å². The van der Waals surface area contributed by atoms with E-state index in [4.69, 9.17) is 0 Å². The highest BCUT2D eigenvalue weighted by Crippen LogP contribution is 2.29. The molecule has 1 aliphatic heterocycles.